The lowest BCUT2D eigenvalue weighted by Gasteiger charge is -2.04. The Balaban J connectivity index is 2.29. The summed E-state index contributed by atoms with van der Waals surface area (Å²) in [7, 11) is -3.26. The van der Waals surface area contributed by atoms with E-state index >= 15 is 0 Å². The molecule has 1 aromatic heterocycles. The molecule has 0 fully saturated rings. The van der Waals surface area contributed by atoms with Crippen LogP contribution >= 0.6 is 0 Å². The first-order chi connectivity index (χ1) is 8.08. The molecule has 2 aromatic rings. The van der Waals surface area contributed by atoms with Crippen LogP contribution in [0.3, 0.4) is 0 Å². The lowest BCUT2D eigenvalue weighted by Crippen LogP contribution is -2.04. The van der Waals surface area contributed by atoms with E-state index in [1.165, 1.54) is 0 Å². The van der Waals surface area contributed by atoms with Gasteiger partial charge in [-0.15, -0.1) is 0 Å². The van der Waals surface area contributed by atoms with E-state index < -0.39 is 9.84 Å². The second kappa shape index (κ2) is 4.67. The Morgan fingerprint density at radius 1 is 1.00 bits per heavy atom. The quantitative estimate of drug-likeness (QED) is 0.836. The van der Waals surface area contributed by atoms with Crippen LogP contribution in [0.25, 0.3) is 0 Å². The van der Waals surface area contributed by atoms with Crippen LogP contribution in [0.5, 0.6) is 0 Å². The van der Waals surface area contributed by atoms with Crippen molar-refractivity contribution in [2.45, 2.75) is 17.6 Å². The molecule has 0 N–H and O–H groups in total. The first-order valence-electron chi connectivity index (χ1n) is 5.26. The van der Waals surface area contributed by atoms with E-state index in [0.717, 1.165) is 11.1 Å². The van der Waals surface area contributed by atoms with Crippen molar-refractivity contribution in [3.63, 3.8) is 0 Å². The van der Waals surface area contributed by atoms with Crippen LogP contribution in [0.1, 0.15) is 11.1 Å². The van der Waals surface area contributed by atoms with Gasteiger partial charge in [0.1, 0.15) is 0 Å². The fourth-order valence-electron chi connectivity index (χ4n) is 1.53. The van der Waals surface area contributed by atoms with Crippen molar-refractivity contribution in [2.24, 2.45) is 0 Å². The number of aromatic nitrogens is 1. The second-order valence-corrected chi connectivity index (χ2v) is 5.92. The van der Waals surface area contributed by atoms with Crippen molar-refractivity contribution in [3.8, 4) is 0 Å². The van der Waals surface area contributed by atoms with Gasteiger partial charge in [-0.3, -0.25) is 4.98 Å². The molecule has 1 heterocycles. The van der Waals surface area contributed by atoms with E-state index in [4.69, 9.17) is 0 Å². The Labute approximate surface area is 101 Å². The zero-order chi connectivity index (χ0) is 12.3. The summed E-state index contributed by atoms with van der Waals surface area (Å²) in [4.78, 5) is 4.23. The number of hydrogen-bond donors (Lipinski definition) is 0. The lowest BCUT2D eigenvalue weighted by molar-refractivity contribution is 0.595. The average Bonchev–Trinajstić information content (AvgIpc) is 2.30. The van der Waals surface area contributed by atoms with Gasteiger partial charge in [-0.25, -0.2) is 8.42 Å². The highest BCUT2D eigenvalue weighted by molar-refractivity contribution is 7.90. The largest absolute Gasteiger partial charge is 0.265 e. The smallest absolute Gasteiger partial charge is 0.182 e. The fourth-order valence-corrected chi connectivity index (χ4v) is 2.88. The topological polar surface area (TPSA) is 47.0 Å². The molecule has 88 valence electrons. The van der Waals surface area contributed by atoms with Crippen LogP contribution in [-0.4, -0.2) is 13.4 Å². The fraction of sp³-hybridized carbons (Fsp3) is 0.154. The normalized spacial score (nSPS) is 11.4. The van der Waals surface area contributed by atoms with E-state index in [9.17, 15) is 8.42 Å². The third-order valence-electron chi connectivity index (χ3n) is 2.49. The molecule has 0 amide bonds. The van der Waals surface area contributed by atoms with Gasteiger partial charge in [0.05, 0.1) is 10.6 Å². The molecule has 0 radical (unpaired) electrons. The molecule has 4 heteroatoms. The van der Waals surface area contributed by atoms with Gasteiger partial charge >= 0.3 is 0 Å². The molecule has 0 bridgehead atoms. The summed E-state index contributed by atoms with van der Waals surface area (Å²) in [6, 6.07) is 10.3. The first kappa shape index (κ1) is 11.8. The van der Waals surface area contributed by atoms with Gasteiger partial charge in [0.25, 0.3) is 0 Å². The molecule has 0 spiro atoms. The molecule has 17 heavy (non-hydrogen) atoms. The third-order valence-corrected chi connectivity index (χ3v) is 4.19. The predicted molar refractivity (Wildman–Crippen MR) is 66.3 cm³/mol. The maximum absolute atomic E-state index is 12.1. The number of nitrogens with zero attached hydrogens (tertiary/aromatic N) is 1. The van der Waals surface area contributed by atoms with Gasteiger partial charge in [0.15, 0.2) is 9.84 Å². The minimum absolute atomic E-state index is 0.0125. The van der Waals surface area contributed by atoms with Crippen LogP contribution in [-0.2, 0) is 15.6 Å². The summed E-state index contributed by atoms with van der Waals surface area (Å²) in [5, 5.41) is 0. The molecule has 2 rings (SSSR count). The number of sulfone groups is 1. The maximum atomic E-state index is 12.1. The molecule has 0 aliphatic carbocycles. The molecule has 0 atom stereocenters. The van der Waals surface area contributed by atoms with Crippen LogP contribution in [0.15, 0.2) is 53.7 Å². The Morgan fingerprint density at radius 3 is 2.18 bits per heavy atom. The van der Waals surface area contributed by atoms with Gasteiger partial charge in [-0.2, -0.15) is 0 Å². The summed E-state index contributed by atoms with van der Waals surface area (Å²) < 4.78 is 24.2. The monoisotopic (exact) mass is 247 g/mol. The Kier molecular flexibility index (Phi) is 3.24. The summed E-state index contributed by atoms with van der Waals surface area (Å²) in [6.07, 6.45) is 3.19. The Morgan fingerprint density at radius 2 is 1.59 bits per heavy atom. The summed E-state index contributed by atoms with van der Waals surface area (Å²) in [5.41, 5.74) is 1.80. The summed E-state index contributed by atoms with van der Waals surface area (Å²) in [6.45, 7) is 1.93. The maximum Gasteiger partial charge on any atom is 0.182 e. The molecule has 0 unspecified atom stereocenters. The minimum atomic E-state index is -3.26. The average molecular weight is 247 g/mol. The van der Waals surface area contributed by atoms with Crippen molar-refractivity contribution in [2.75, 3.05) is 0 Å². The van der Waals surface area contributed by atoms with Crippen LogP contribution in [0, 0.1) is 6.92 Å². The van der Waals surface area contributed by atoms with Crippen molar-refractivity contribution >= 4 is 9.84 Å². The molecule has 0 aliphatic heterocycles. The Bertz CT molecular complexity index is 589. The van der Waals surface area contributed by atoms with Crippen molar-refractivity contribution in [1.29, 1.82) is 0 Å². The van der Waals surface area contributed by atoms with E-state index in [0.29, 0.717) is 4.90 Å². The van der Waals surface area contributed by atoms with E-state index in [1.54, 1.807) is 48.8 Å². The van der Waals surface area contributed by atoms with Gasteiger partial charge in [-0.05, 0) is 36.8 Å². The van der Waals surface area contributed by atoms with Crippen molar-refractivity contribution < 1.29 is 8.42 Å². The highest BCUT2D eigenvalue weighted by Crippen LogP contribution is 2.16. The van der Waals surface area contributed by atoms with Gasteiger partial charge < -0.3 is 0 Å². The Hall–Kier alpha value is -1.68. The number of rotatable bonds is 3. The number of pyridine rings is 1. The van der Waals surface area contributed by atoms with E-state index in [-0.39, 0.29) is 5.75 Å². The van der Waals surface area contributed by atoms with Crippen LogP contribution < -0.4 is 0 Å². The van der Waals surface area contributed by atoms with Gasteiger partial charge in [0, 0.05) is 12.4 Å². The number of aryl methyl sites for hydroxylation is 1. The van der Waals surface area contributed by atoms with Gasteiger partial charge in [0.2, 0.25) is 0 Å². The zero-order valence-corrected chi connectivity index (χ0v) is 10.3. The highest BCUT2D eigenvalue weighted by atomic mass is 32.2. The summed E-state index contributed by atoms with van der Waals surface area (Å²) in [5.74, 6) is 0.0125. The SMILES string of the molecule is Cc1ccc(S(=O)(=O)Cc2ccncc2)cc1. The standard InChI is InChI=1S/C13H13NO2S/c1-11-2-4-13(5-3-11)17(15,16)10-12-6-8-14-9-7-12/h2-9H,10H2,1H3. The minimum Gasteiger partial charge on any atom is -0.265 e. The van der Waals surface area contributed by atoms with E-state index in [1.807, 2.05) is 6.92 Å². The van der Waals surface area contributed by atoms with Crippen LogP contribution in [0.4, 0.5) is 0 Å². The van der Waals surface area contributed by atoms with Crippen molar-refractivity contribution in [3.05, 3.63) is 59.9 Å². The van der Waals surface area contributed by atoms with E-state index in [2.05, 4.69) is 4.98 Å². The van der Waals surface area contributed by atoms with Crippen molar-refractivity contribution in [1.82, 2.24) is 4.98 Å². The lowest BCUT2D eigenvalue weighted by atomic mass is 10.2. The zero-order valence-electron chi connectivity index (χ0n) is 9.50. The van der Waals surface area contributed by atoms with Crippen LogP contribution in [0.2, 0.25) is 0 Å². The third kappa shape index (κ3) is 2.91. The molecule has 0 saturated carbocycles. The molecular weight excluding hydrogens is 234 g/mol. The number of hydrogen-bond acceptors (Lipinski definition) is 3. The molecular formula is C13H13NO2S. The predicted octanol–water partition coefficient (Wildman–Crippen LogP) is 2.36. The second-order valence-electron chi connectivity index (χ2n) is 3.93. The highest BCUT2D eigenvalue weighted by Gasteiger charge is 2.14. The first-order valence-corrected chi connectivity index (χ1v) is 6.91. The molecule has 1 aromatic carbocycles. The molecule has 0 aliphatic rings. The number of benzene rings is 1. The summed E-state index contributed by atoms with van der Waals surface area (Å²) >= 11 is 0. The van der Waals surface area contributed by atoms with Gasteiger partial charge in [-0.1, -0.05) is 17.7 Å². The molecule has 3 nitrogen and oxygen atoms in total. The molecule has 0 saturated heterocycles.